The zero-order chi connectivity index (χ0) is 18.6. The molecule has 134 valence electrons. The van der Waals surface area contributed by atoms with Gasteiger partial charge in [0, 0.05) is 23.8 Å². The van der Waals surface area contributed by atoms with Gasteiger partial charge in [0.05, 0.1) is 11.3 Å². The SMILES string of the molecule is O=C(NCc1ccc(-n2cccn2)cc1)c1ccccc1SC(F)(F)F. The monoisotopic (exact) mass is 377 g/mol. The van der Waals surface area contributed by atoms with E-state index in [0.717, 1.165) is 11.3 Å². The molecule has 3 rings (SSSR count). The Hall–Kier alpha value is -2.74. The van der Waals surface area contributed by atoms with Gasteiger partial charge in [0.1, 0.15) is 0 Å². The summed E-state index contributed by atoms with van der Waals surface area (Å²) in [6, 6.07) is 14.8. The number of nitrogens with one attached hydrogen (secondary N) is 1. The van der Waals surface area contributed by atoms with Crippen LogP contribution in [0, 0.1) is 0 Å². The highest BCUT2D eigenvalue weighted by Gasteiger charge is 2.31. The van der Waals surface area contributed by atoms with E-state index in [-0.39, 0.29) is 28.8 Å². The van der Waals surface area contributed by atoms with Gasteiger partial charge in [-0.2, -0.15) is 18.3 Å². The Morgan fingerprint density at radius 3 is 2.46 bits per heavy atom. The van der Waals surface area contributed by atoms with Crippen LogP contribution < -0.4 is 5.32 Å². The first-order valence-electron chi connectivity index (χ1n) is 7.64. The van der Waals surface area contributed by atoms with Gasteiger partial charge >= 0.3 is 5.51 Å². The van der Waals surface area contributed by atoms with Crippen LogP contribution in [0.2, 0.25) is 0 Å². The Balaban J connectivity index is 1.66. The molecule has 0 atom stereocenters. The van der Waals surface area contributed by atoms with Gasteiger partial charge in [-0.3, -0.25) is 4.79 Å². The average Bonchev–Trinajstić information content (AvgIpc) is 3.14. The molecule has 0 saturated carbocycles. The molecule has 1 heterocycles. The Morgan fingerprint density at radius 2 is 1.81 bits per heavy atom. The van der Waals surface area contributed by atoms with Crippen molar-refractivity contribution in [3.8, 4) is 5.69 Å². The first-order valence-corrected chi connectivity index (χ1v) is 8.46. The smallest absolute Gasteiger partial charge is 0.348 e. The standard InChI is InChI=1S/C18H14F3N3OS/c19-18(20,21)26-16-5-2-1-4-15(16)17(25)22-12-13-6-8-14(9-7-13)24-11-3-10-23-24/h1-11H,12H2,(H,22,25). The molecule has 26 heavy (non-hydrogen) atoms. The molecule has 0 aliphatic heterocycles. The maximum Gasteiger partial charge on any atom is 0.446 e. The number of thioether (sulfide) groups is 1. The summed E-state index contributed by atoms with van der Waals surface area (Å²) in [4.78, 5) is 12.2. The molecule has 8 heteroatoms. The van der Waals surface area contributed by atoms with E-state index in [1.807, 2.05) is 36.5 Å². The molecule has 0 spiro atoms. The summed E-state index contributed by atoms with van der Waals surface area (Å²) in [6.07, 6.45) is 3.48. The minimum atomic E-state index is -4.45. The molecule has 2 aromatic carbocycles. The molecule has 4 nitrogen and oxygen atoms in total. The molecule has 1 N–H and O–H groups in total. The van der Waals surface area contributed by atoms with Crippen molar-refractivity contribution < 1.29 is 18.0 Å². The molecule has 1 aromatic heterocycles. The second-order valence-electron chi connectivity index (χ2n) is 5.34. The van der Waals surface area contributed by atoms with Crippen molar-refractivity contribution >= 4 is 17.7 Å². The lowest BCUT2D eigenvalue weighted by atomic mass is 10.2. The molecule has 0 bridgehead atoms. The van der Waals surface area contributed by atoms with Crippen LogP contribution in [0.3, 0.4) is 0 Å². The van der Waals surface area contributed by atoms with E-state index < -0.39 is 11.4 Å². The fraction of sp³-hybridized carbons (Fsp3) is 0.111. The lowest BCUT2D eigenvalue weighted by Gasteiger charge is -2.11. The van der Waals surface area contributed by atoms with Crippen LogP contribution in [-0.4, -0.2) is 21.2 Å². The van der Waals surface area contributed by atoms with Gasteiger partial charge in [-0.15, -0.1) is 0 Å². The zero-order valence-electron chi connectivity index (χ0n) is 13.4. The minimum absolute atomic E-state index is 0.00277. The number of hydrogen-bond donors (Lipinski definition) is 1. The third kappa shape index (κ3) is 4.66. The first kappa shape index (κ1) is 18.1. The normalized spacial score (nSPS) is 11.3. The molecule has 0 unspecified atom stereocenters. The summed E-state index contributed by atoms with van der Waals surface area (Å²) < 4.78 is 39.5. The van der Waals surface area contributed by atoms with Crippen molar-refractivity contribution in [2.75, 3.05) is 0 Å². The third-order valence-electron chi connectivity index (χ3n) is 3.52. The number of carbonyl (C=O) groups is 1. The number of rotatable bonds is 5. The van der Waals surface area contributed by atoms with Crippen molar-refractivity contribution in [1.29, 1.82) is 0 Å². The van der Waals surface area contributed by atoms with E-state index >= 15 is 0 Å². The van der Waals surface area contributed by atoms with Crippen molar-refractivity contribution in [3.63, 3.8) is 0 Å². The highest BCUT2D eigenvalue weighted by Crippen LogP contribution is 2.38. The minimum Gasteiger partial charge on any atom is -0.348 e. The Morgan fingerprint density at radius 1 is 1.08 bits per heavy atom. The second kappa shape index (κ2) is 7.65. The molecular formula is C18H14F3N3OS. The molecule has 0 aliphatic rings. The van der Waals surface area contributed by atoms with Crippen LogP contribution in [0.5, 0.6) is 0 Å². The third-order valence-corrected chi connectivity index (χ3v) is 4.32. The van der Waals surface area contributed by atoms with Gasteiger partial charge in [-0.05, 0) is 47.7 Å². The summed E-state index contributed by atoms with van der Waals surface area (Å²) in [5.41, 5.74) is -2.74. The summed E-state index contributed by atoms with van der Waals surface area (Å²) >= 11 is -0.293. The summed E-state index contributed by atoms with van der Waals surface area (Å²) in [5, 5.41) is 6.78. The van der Waals surface area contributed by atoms with Gasteiger partial charge in [-0.1, -0.05) is 24.3 Å². The first-order chi connectivity index (χ1) is 12.4. The van der Waals surface area contributed by atoms with Crippen LogP contribution in [0.15, 0.2) is 71.9 Å². The van der Waals surface area contributed by atoms with Crippen LogP contribution >= 0.6 is 11.8 Å². The van der Waals surface area contributed by atoms with Crippen LogP contribution in [-0.2, 0) is 6.54 Å². The Kier molecular flexibility index (Phi) is 5.32. The molecule has 0 saturated heterocycles. The van der Waals surface area contributed by atoms with E-state index in [1.54, 1.807) is 10.9 Å². The molecule has 0 aliphatic carbocycles. The predicted molar refractivity (Wildman–Crippen MR) is 93.1 cm³/mol. The van der Waals surface area contributed by atoms with Crippen molar-refractivity contribution in [1.82, 2.24) is 15.1 Å². The van der Waals surface area contributed by atoms with Crippen molar-refractivity contribution in [2.45, 2.75) is 16.9 Å². The van der Waals surface area contributed by atoms with Gasteiger partial charge in [0.25, 0.3) is 5.91 Å². The highest BCUT2D eigenvalue weighted by atomic mass is 32.2. The lowest BCUT2D eigenvalue weighted by Crippen LogP contribution is -2.23. The van der Waals surface area contributed by atoms with E-state index in [1.165, 1.54) is 24.3 Å². The molecule has 3 aromatic rings. The van der Waals surface area contributed by atoms with Crippen LogP contribution in [0.25, 0.3) is 5.69 Å². The van der Waals surface area contributed by atoms with E-state index in [2.05, 4.69) is 10.4 Å². The highest BCUT2D eigenvalue weighted by molar-refractivity contribution is 8.00. The summed E-state index contributed by atoms with van der Waals surface area (Å²) in [6.45, 7) is 0.212. The maximum absolute atomic E-state index is 12.6. The van der Waals surface area contributed by atoms with E-state index in [9.17, 15) is 18.0 Å². The van der Waals surface area contributed by atoms with Crippen LogP contribution in [0.1, 0.15) is 15.9 Å². The fourth-order valence-corrected chi connectivity index (χ4v) is 3.00. The second-order valence-corrected chi connectivity index (χ2v) is 6.45. The predicted octanol–water partition coefficient (Wildman–Crippen LogP) is 4.41. The van der Waals surface area contributed by atoms with Crippen molar-refractivity contribution in [2.24, 2.45) is 0 Å². The molecular weight excluding hydrogens is 363 g/mol. The molecule has 0 radical (unpaired) electrons. The Bertz CT molecular complexity index is 877. The summed E-state index contributed by atoms with van der Waals surface area (Å²) in [7, 11) is 0. The van der Waals surface area contributed by atoms with Crippen molar-refractivity contribution in [3.05, 3.63) is 78.1 Å². The fourth-order valence-electron chi connectivity index (χ4n) is 2.33. The lowest BCUT2D eigenvalue weighted by molar-refractivity contribution is -0.0328. The van der Waals surface area contributed by atoms with Crippen LogP contribution in [0.4, 0.5) is 13.2 Å². The van der Waals surface area contributed by atoms with Gasteiger partial charge < -0.3 is 5.32 Å². The van der Waals surface area contributed by atoms with E-state index in [0.29, 0.717) is 0 Å². The number of hydrogen-bond acceptors (Lipinski definition) is 3. The number of benzene rings is 2. The number of carbonyl (C=O) groups excluding carboxylic acids is 1. The van der Waals surface area contributed by atoms with Gasteiger partial charge in [0.15, 0.2) is 0 Å². The number of nitrogens with zero attached hydrogens (tertiary/aromatic N) is 2. The zero-order valence-corrected chi connectivity index (χ0v) is 14.2. The molecule has 0 fully saturated rings. The van der Waals surface area contributed by atoms with Gasteiger partial charge in [0.2, 0.25) is 0 Å². The topological polar surface area (TPSA) is 46.9 Å². The summed E-state index contributed by atoms with van der Waals surface area (Å²) in [5.74, 6) is -0.548. The number of amides is 1. The van der Waals surface area contributed by atoms with Gasteiger partial charge in [-0.25, -0.2) is 4.68 Å². The largest absolute Gasteiger partial charge is 0.446 e. The number of aromatic nitrogens is 2. The number of halogens is 3. The quantitative estimate of drug-likeness (QED) is 0.670. The average molecular weight is 377 g/mol. The number of alkyl halides is 3. The maximum atomic E-state index is 12.6. The molecule has 1 amide bonds. The Labute approximate surface area is 152 Å². The van der Waals surface area contributed by atoms with E-state index in [4.69, 9.17) is 0 Å².